The molecular weight excluding hydrogens is 222 g/mol. The van der Waals surface area contributed by atoms with Crippen LogP contribution in [0.4, 0.5) is 0 Å². The Hall–Kier alpha value is -1.98. The fourth-order valence-corrected chi connectivity index (χ4v) is 1.92. The lowest BCUT2D eigenvalue weighted by Crippen LogP contribution is -2.40. The SMILES string of the molecule is Cc1cnc(C(=O)N2CCCC2C(=O)O)cn1. The highest BCUT2D eigenvalue weighted by Crippen LogP contribution is 2.19. The van der Waals surface area contributed by atoms with Crippen LogP contribution < -0.4 is 0 Å². The average Bonchev–Trinajstić information content (AvgIpc) is 2.78. The molecule has 2 heterocycles. The first kappa shape index (κ1) is 11.5. The van der Waals surface area contributed by atoms with Crippen molar-refractivity contribution in [1.29, 1.82) is 0 Å². The maximum Gasteiger partial charge on any atom is 0.326 e. The van der Waals surface area contributed by atoms with Crippen LogP contribution in [0.2, 0.25) is 0 Å². The molecule has 1 unspecified atom stereocenters. The zero-order valence-electron chi connectivity index (χ0n) is 9.46. The van der Waals surface area contributed by atoms with E-state index in [-0.39, 0.29) is 11.6 Å². The molecule has 6 nitrogen and oxygen atoms in total. The molecule has 1 saturated heterocycles. The predicted octanol–water partition coefficient (Wildman–Crippen LogP) is 0.474. The number of hydrogen-bond donors (Lipinski definition) is 1. The second-order valence-corrected chi connectivity index (χ2v) is 4.04. The van der Waals surface area contributed by atoms with Crippen LogP contribution >= 0.6 is 0 Å². The molecule has 0 spiro atoms. The summed E-state index contributed by atoms with van der Waals surface area (Å²) in [7, 11) is 0. The molecule has 2 rings (SSSR count). The molecule has 0 aromatic carbocycles. The Morgan fingerprint density at radius 3 is 2.76 bits per heavy atom. The number of rotatable bonds is 2. The van der Waals surface area contributed by atoms with E-state index in [1.54, 1.807) is 6.92 Å². The zero-order valence-corrected chi connectivity index (χ0v) is 9.46. The summed E-state index contributed by atoms with van der Waals surface area (Å²) < 4.78 is 0. The summed E-state index contributed by atoms with van der Waals surface area (Å²) in [5, 5.41) is 8.99. The van der Waals surface area contributed by atoms with E-state index in [4.69, 9.17) is 5.11 Å². The Balaban J connectivity index is 2.19. The molecule has 0 saturated carbocycles. The normalized spacial score (nSPS) is 19.4. The second-order valence-electron chi connectivity index (χ2n) is 4.04. The van der Waals surface area contributed by atoms with Gasteiger partial charge in [-0.05, 0) is 19.8 Å². The van der Waals surface area contributed by atoms with Gasteiger partial charge in [0.15, 0.2) is 0 Å². The molecule has 1 aromatic heterocycles. The van der Waals surface area contributed by atoms with Crippen molar-refractivity contribution in [1.82, 2.24) is 14.9 Å². The van der Waals surface area contributed by atoms with Crippen LogP contribution in [0.1, 0.15) is 29.0 Å². The lowest BCUT2D eigenvalue weighted by molar-refractivity contribution is -0.141. The van der Waals surface area contributed by atoms with Gasteiger partial charge in [-0.1, -0.05) is 0 Å². The number of carbonyl (C=O) groups is 2. The molecule has 0 bridgehead atoms. The number of hydrogen-bond acceptors (Lipinski definition) is 4. The van der Waals surface area contributed by atoms with Gasteiger partial charge in [0, 0.05) is 12.7 Å². The Kier molecular flexibility index (Phi) is 3.03. The molecule has 0 aliphatic carbocycles. The number of likely N-dealkylation sites (tertiary alicyclic amines) is 1. The molecule has 90 valence electrons. The monoisotopic (exact) mass is 235 g/mol. The van der Waals surface area contributed by atoms with Crippen molar-refractivity contribution in [3.8, 4) is 0 Å². The van der Waals surface area contributed by atoms with Crippen molar-refractivity contribution in [2.75, 3.05) is 6.54 Å². The molecule has 1 aliphatic rings. The van der Waals surface area contributed by atoms with Crippen molar-refractivity contribution in [2.45, 2.75) is 25.8 Å². The van der Waals surface area contributed by atoms with Crippen molar-refractivity contribution in [3.63, 3.8) is 0 Å². The van der Waals surface area contributed by atoms with Gasteiger partial charge in [0.05, 0.1) is 11.9 Å². The summed E-state index contributed by atoms with van der Waals surface area (Å²) in [6.45, 7) is 2.24. The Labute approximate surface area is 98.3 Å². The lowest BCUT2D eigenvalue weighted by Gasteiger charge is -2.20. The first-order valence-electron chi connectivity index (χ1n) is 5.42. The molecule has 1 amide bonds. The lowest BCUT2D eigenvalue weighted by atomic mass is 10.2. The fourth-order valence-electron chi connectivity index (χ4n) is 1.92. The van der Waals surface area contributed by atoms with Gasteiger partial charge in [-0.2, -0.15) is 0 Å². The topological polar surface area (TPSA) is 83.4 Å². The standard InChI is InChI=1S/C11H13N3O3/c1-7-5-13-8(6-12-7)10(15)14-4-2-3-9(14)11(16)17/h5-6,9H,2-4H2,1H3,(H,16,17). The number of nitrogens with zero attached hydrogens (tertiary/aromatic N) is 3. The highest BCUT2D eigenvalue weighted by atomic mass is 16.4. The van der Waals surface area contributed by atoms with Crippen LogP contribution in [0.5, 0.6) is 0 Å². The first-order chi connectivity index (χ1) is 8.09. The summed E-state index contributed by atoms with van der Waals surface area (Å²) in [5.74, 6) is -1.32. The number of amides is 1. The third-order valence-electron chi connectivity index (χ3n) is 2.80. The third-order valence-corrected chi connectivity index (χ3v) is 2.80. The summed E-state index contributed by atoms with van der Waals surface area (Å²) in [6, 6.07) is -0.731. The van der Waals surface area contributed by atoms with E-state index in [1.165, 1.54) is 17.3 Å². The summed E-state index contributed by atoms with van der Waals surface area (Å²) in [6.07, 6.45) is 4.09. The van der Waals surface area contributed by atoms with Gasteiger partial charge in [-0.25, -0.2) is 9.78 Å². The van der Waals surface area contributed by atoms with Gasteiger partial charge >= 0.3 is 5.97 Å². The fraction of sp³-hybridized carbons (Fsp3) is 0.455. The molecule has 1 N–H and O–H groups in total. The smallest absolute Gasteiger partial charge is 0.326 e. The van der Waals surface area contributed by atoms with E-state index < -0.39 is 12.0 Å². The van der Waals surface area contributed by atoms with E-state index in [0.29, 0.717) is 19.4 Å². The highest BCUT2D eigenvalue weighted by molar-refractivity contribution is 5.95. The van der Waals surface area contributed by atoms with Crippen LogP contribution in [-0.4, -0.2) is 44.4 Å². The van der Waals surface area contributed by atoms with E-state index in [0.717, 1.165) is 5.69 Å². The number of carbonyl (C=O) groups excluding carboxylic acids is 1. The Morgan fingerprint density at radius 1 is 1.41 bits per heavy atom. The molecule has 6 heteroatoms. The maximum atomic E-state index is 12.0. The summed E-state index contributed by atoms with van der Waals surface area (Å²) in [4.78, 5) is 32.3. The van der Waals surface area contributed by atoms with Crippen LogP contribution in [-0.2, 0) is 4.79 Å². The second kappa shape index (κ2) is 4.48. The molecular formula is C11H13N3O3. The van der Waals surface area contributed by atoms with Crippen molar-refractivity contribution in [3.05, 3.63) is 23.8 Å². The first-order valence-corrected chi connectivity index (χ1v) is 5.42. The van der Waals surface area contributed by atoms with E-state index >= 15 is 0 Å². The maximum absolute atomic E-state index is 12.0. The molecule has 17 heavy (non-hydrogen) atoms. The zero-order chi connectivity index (χ0) is 12.4. The number of carboxylic acids is 1. The molecule has 1 atom stereocenters. The number of aromatic nitrogens is 2. The number of aryl methyl sites for hydroxylation is 1. The summed E-state index contributed by atoms with van der Waals surface area (Å²) in [5.41, 5.74) is 0.918. The van der Waals surface area contributed by atoms with Gasteiger partial charge in [0.1, 0.15) is 11.7 Å². The van der Waals surface area contributed by atoms with Gasteiger partial charge in [0.2, 0.25) is 0 Å². The van der Waals surface area contributed by atoms with Crippen molar-refractivity contribution >= 4 is 11.9 Å². The van der Waals surface area contributed by atoms with Gasteiger partial charge < -0.3 is 10.0 Å². The van der Waals surface area contributed by atoms with Crippen molar-refractivity contribution < 1.29 is 14.7 Å². The molecule has 0 radical (unpaired) electrons. The van der Waals surface area contributed by atoms with E-state index in [2.05, 4.69) is 9.97 Å². The van der Waals surface area contributed by atoms with Crippen LogP contribution in [0.3, 0.4) is 0 Å². The predicted molar refractivity (Wildman–Crippen MR) is 58.5 cm³/mol. The van der Waals surface area contributed by atoms with E-state index in [9.17, 15) is 9.59 Å². The number of aliphatic carboxylic acids is 1. The molecule has 1 aromatic rings. The van der Waals surface area contributed by atoms with Gasteiger partial charge in [-0.3, -0.25) is 9.78 Å². The van der Waals surface area contributed by atoms with Crippen LogP contribution in [0.15, 0.2) is 12.4 Å². The minimum absolute atomic E-state index is 0.198. The third kappa shape index (κ3) is 2.25. The largest absolute Gasteiger partial charge is 0.480 e. The summed E-state index contributed by atoms with van der Waals surface area (Å²) >= 11 is 0. The Bertz CT molecular complexity index is 444. The Morgan fingerprint density at radius 2 is 2.18 bits per heavy atom. The highest BCUT2D eigenvalue weighted by Gasteiger charge is 2.34. The molecule has 1 aliphatic heterocycles. The minimum Gasteiger partial charge on any atom is -0.480 e. The molecule has 1 fully saturated rings. The number of carboxylic acid groups (broad SMARTS) is 1. The van der Waals surface area contributed by atoms with Gasteiger partial charge in [0.25, 0.3) is 5.91 Å². The van der Waals surface area contributed by atoms with E-state index in [1.807, 2.05) is 0 Å². The quantitative estimate of drug-likeness (QED) is 0.805. The van der Waals surface area contributed by atoms with Crippen LogP contribution in [0, 0.1) is 6.92 Å². The van der Waals surface area contributed by atoms with Crippen LogP contribution in [0.25, 0.3) is 0 Å². The average molecular weight is 235 g/mol. The minimum atomic E-state index is -0.962. The van der Waals surface area contributed by atoms with Gasteiger partial charge in [-0.15, -0.1) is 0 Å². The van der Waals surface area contributed by atoms with Crippen molar-refractivity contribution in [2.24, 2.45) is 0 Å².